The monoisotopic (exact) mass is 506 g/mol. The number of hydrazone groups is 1. The van der Waals surface area contributed by atoms with Crippen molar-refractivity contribution in [3.05, 3.63) is 109 Å². The van der Waals surface area contributed by atoms with Gasteiger partial charge in [-0.25, -0.2) is 4.68 Å². The molecule has 1 N–H and O–H groups in total. The minimum Gasteiger partial charge on any atom is -0.278 e. The Morgan fingerprint density at radius 1 is 0.879 bits per heavy atom. The summed E-state index contributed by atoms with van der Waals surface area (Å²) in [5.74, 6) is 0. The van der Waals surface area contributed by atoms with Crippen LogP contribution in [0.15, 0.2) is 88.6 Å². The van der Waals surface area contributed by atoms with E-state index in [-0.39, 0.29) is 11.4 Å². The predicted molar refractivity (Wildman–Crippen MR) is 128 cm³/mol. The van der Waals surface area contributed by atoms with Gasteiger partial charge in [0.15, 0.2) is 0 Å². The number of nitrogens with one attached hydrogen (secondary N) is 1. The van der Waals surface area contributed by atoms with Gasteiger partial charge in [-0.1, -0.05) is 28.1 Å². The van der Waals surface area contributed by atoms with Crippen LogP contribution >= 0.6 is 15.9 Å². The van der Waals surface area contributed by atoms with Crippen LogP contribution in [0.1, 0.15) is 5.56 Å². The molecule has 0 saturated carbocycles. The number of nitrogens with zero attached hydrogens (tertiary/aromatic N) is 5. The molecule has 0 aliphatic heterocycles. The first kappa shape index (κ1) is 21.8. The predicted octanol–water partition coefficient (Wildman–Crippen LogP) is 5.56. The van der Waals surface area contributed by atoms with Gasteiger partial charge in [-0.3, -0.25) is 25.7 Å². The van der Waals surface area contributed by atoms with Gasteiger partial charge in [0.05, 0.1) is 27.4 Å². The molecule has 4 rings (SSSR count). The van der Waals surface area contributed by atoms with Gasteiger partial charge in [-0.2, -0.15) is 10.2 Å². The van der Waals surface area contributed by atoms with Crippen LogP contribution in [-0.2, 0) is 0 Å². The Morgan fingerprint density at radius 3 is 2.03 bits per heavy atom. The molecule has 0 radical (unpaired) electrons. The third kappa shape index (κ3) is 5.10. The summed E-state index contributed by atoms with van der Waals surface area (Å²) in [4.78, 5) is 20.8. The molecule has 0 spiro atoms. The molecule has 10 nitrogen and oxygen atoms in total. The standard InChI is InChI=1S/C22H15BrN6O4/c23-17-3-1-15(2-4-17)22-16(13-24-25-18-5-7-20(8-6-18)28(30)31)14-27(26-22)19-9-11-21(12-10-19)29(32)33/h1-14,25H. The molecule has 0 saturated heterocycles. The Kier molecular flexibility index (Phi) is 6.22. The Balaban J connectivity index is 1.64. The topological polar surface area (TPSA) is 128 Å². The Hall–Kier alpha value is -4.38. The molecule has 0 unspecified atom stereocenters. The van der Waals surface area contributed by atoms with Crippen LogP contribution in [-0.4, -0.2) is 25.8 Å². The first-order chi connectivity index (χ1) is 15.9. The van der Waals surface area contributed by atoms with Gasteiger partial charge in [-0.15, -0.1) is 0 Å². The fraction of sp³-hybridized carbons (Fsp3) is 0. The molecule has 0 fully saturated rings. The van der Waals surface area contributed by atoms with E-state index in [1.165, 1.54) is 24.3 Å². The van der Waals surface area contributed by atoms with Crippen LogP contribution in [0.25, 0.3) is 16.9 Å². The average Bonchev–Trinajstić information content (AvgIpc) is 3.24. The fourth-order valence-corrected chi connectivity index (χ4v) is 3.27. The van der Waals surface area contributed by atoms with Crippen molar-refractivity contribution in [2.24, 2.45) is 5.10 Å². The zero-order chi connectivity index (χ0) is 23.4. The smallest absolute Gasteiger partial charge is 0.269 e. The molecule has 33 heavy (non-hydrogen) atoms. The molecular weight excluding hydrogens is 492 g/mol. The maximum Gasteiger partial charge on any atom is 0.269 e. The zero-order valence-corrected chi connectivity index (χ0v) is 18.4. The molecule has 3 aromatic carbocycles. The molecule has 4 aromatic rings. The van der Waals surface area contributed by atoms with E-state index >= 15 is 0 Å². The molecule has 0 amide bonds. The van der Waals surface area contributed by atoms with Gasteiger partial charge < -0.3 is 0 Å². The lowest BCUT2D eigenvalue weighted by atomic mass is 10.1. The van der Waals surface area contributed by atoms with Crippen molar-refractivity contribution in [1.82, 2.24) is 9.78 Å². The maximum absolute atomic E-state index is 10.9. The number of anilines is 1. The summed E-state index contributed by atoms with van der Waals surface area (Å²) in [6.45, 7) is 0. The third-order valence-electron chi connectivity index (χ3n) is 4.66. The highest BCUT2D eigenvalue weighted by Gasteiger charge is 2.13. The second kappa shape index (κ2) is 9.40. The van der Waals surface area contributed by atoms with Crippen molar-refractivity contribution in [2.45, 2.75) is 0 Å². The number of rotatable bonds is 7. The van der Waals surface area contributed by atoms with Crippen molar-refractivity contribution >= 4 is 39.2 Å². The van der Waals surface area contributed by atoms with E-state index in [0.717, 1.165) is 10.0 Å². The first-order valence-electron chi connectivity index (χ1n) is 9.55. The summed E-state index contributed by atoms with van der Waals surface area (Å²) in [7, 11) is 0. The lowest BCUT2D eigenvalue weighted by Crippen LogP contribution is -1.95. The number of hydrogen-bond acceptors (Lipinski definition) is 7. The maximum atomic E-state index is 10.9. The lowest BCUT2D eigenvalue weighted by molar-refractivity contribution is -0.385. The van der Waals surface area contributed by atoms with Crippen molar-refractivity contribution < 1.29 is 9.85 Å². The number of nitro groups is 2. The second-order valence-corrected chi connectivity index (χ2v) is 7.75. The summed E-state index contributed by atoms with van der Waals surface area (Å²) in [6, 6.07) is 19.6. The quantitative estimate of drug-likeness (QED) is 0.198. The summed E-state index contributed by atoms with van der Waals surface area (Å²) >= 11 is 3.42. The van der Waals surface area contributed by atoms with Crippen LogP contribution < -0.4 is 5.43 Å². The number of non-ortho nitro benzene ring substituents is 2. The number of benzene rings is 3. The zero-order valence-electron chi connectivity index (χ0n) is 16.8. The highest BCUT2D eigenvalue weighted by molar-refractivity contribution is 9.10. The Morgan fingerprint density at radius 2 is 1.45 bits per heavy atom. The van der Waals surface area contributed by atoms with Crippen molar-refractivity contribution in [3.63, 3.8) is 0 Å². The number of hydrogen-bond donors (Lipinski definition) is 1. The van der Waals surface area contributed by atoms with Gasteiger partial charge in [0.1, 0.15) is 5.69 Å². The van der Waals surface area contributed by atoms with Gasteiger partial charge in [-0.05, 0) is 36.4 Å². The normalized spacial score (nSPS) is 10.9. The molecule has 0 aliphatic rings. The lowest BCUT2D eigenvalue weighted by Gasteiger charge is -2.01. The van der Waals surface area contributed by atoms with Crippen molar-refractivity contribution in [1.29, 1.82) is 0 Å². The number of halogens is 1. The molecular formula is C22H15BrN6O4. The van der Waals surface area contributed by atoms with Gasteiger partial charge in [0, 0.05) is 46.1 Å². The van der Waals surface area contributed by atoms with E-state index in [2.05, 4.69) is 31.6 Å². The summed E-state index contributed by atoms with van der Waals surface area (Å²) in [5, 5.41) is 30.6. The number of aromatic nitrogens is 2. The molecule has 0 bridgehead atoms. The minimum atomic E-state index is -0.468. The first-order valence-corrected chi connectivity index (χ1v) is 10.3. The summed E-state index contributed by atoms with van der Waals surface area (Å²) < 4.78 is 2.55. The van der Waals surface area contributed by atoms with Crippen molar-refractivity contribution in [2.75, 3.05) is 5.43 Å². The van der Waals surface area contributed by atoms with E-state index in [0.29, 0.717) is 22.6 Å². The van der Waals surface area contributed by atoms with Crippen LogP contribution in [0, 0.1) is 20.2 Å². The highest BCUT2D eigenvalue weighted by Crippen LogP contribution is 2.25. The molecule has 11 heteroatoms. The Labute approximate surface area is 195 Å². The minimum absolute atomic E-state index is 0.00637. The fourth-order valence-electron chi connectivity index (χ4n) is 3.01. The van der Waals surface area contributed by atoms with E-state index < -0.39 is 9.85 Å². The summed E-state index contributed by atoms with van der Waals surface area (Å²) in [6.07, 6.45) is 3.35. The second-order valence-electron chi connectivity index (χ2n) is 6.83. The van der Waals surface area contributed by atoms with E-state index in [1.807, 2.05) is 24.3 Å². The summed E-state index contributed by atoms with van der Waals surface area (Å²) in [5.41, 5.74) is 6.29. The molecule has 1 aromatic heterocycles. The molecule has 1 heterocycles. The van der Waals surface area contributed by atoms with E-state index in [1.54, 1.807) is 41.4 Å². The van der Waals surface area contributed by atoms with Gasteiger partial charge >= 0.3 is 0 Å². The highest BCUT2D eigenvalue weighted by atomic mass is 79.9. The number of nitro benzene ring substituents is 2. The largest absolute Gasteiger partial charge is 0.278 e. The molecule has 0 aliphatic carbocycles. The van der Waals surface area contributed by atoms with Crippen molar-refractivity contribution in [3.8, 4) is 16.9 Å². The molecule has 164 valence electrons. The van der Waals surface area contributed by atoms with Crippen LogP contribution in [0.4, 0.5) is 17.1 Å². The van der Waals surface area contributed by atoms with E-state index in [9.17, 15) is 20.2 Å². The van der Waals surface area contributed by atoms with Crippen LogP contribution in [0.3, 0.4) is 0 Å². The van der Waals surface area contributed by atoms with Crippen LogP contribution in [0.2, 0.25) is 0 Å². The SMILES string of the molecule is O=[N+]([O-])c1ccc(NN=Cc2cn(-c3ccc([N+](=O)[O-])cc3)nc2-c2ccc(Br)cc2)cc1. The third-order valence-corrected chi connectivity index (χ3v) is 5.19. The average molecular weight is 507 g/mol. The molecule has 0 atom stereocenters. The van der Waals surface area contributed by atoms with Gasteiger partial charge in [0.2, 0.25) is 0 Å². The van der Waals surface area contributed by atoms with E-state index in [4.69, 9.17) is 0 Å². The van der Waals surface area contributed by atoms with Gasteiger partial charge in [0.25, 0.3) is 11.4 Å². The Bertz CT molecular complexity index is 1330. The van der Waals surface area contributed by atoms with Crippen LogP contribution in [0.5, 0.6) is 0 Å².